The lowest BCUT2D eigenvalue weighted by molar-refractivity contribution is -0.111. The molecular formula is C28H24Cl4N2O2. The van der Waals surface area contributed by atoms with E-state index in [4.69, 9.17) is 51.1 Å². The van der Waals surface area contributed by atoms with Gasteiger partial charge in [0.05, 0.1) is 15.6 Å². The number of anilines is 1. The summed E-state index contributed by atoms with van der Waals surface area (Å²) >= 11 is 26.5. The summed E-state index contributed by atoms with van der Waals surface area (Å²) in [6, 6.07) is 14.2. The Morgan fingerprint density at radius 2 is 1.67 bits per heavy atom. The number of rotatable bonds is 4. The fourth-order valence-electron chi connectivity index (χ4n) is 5.50. The largest absolute Gasteiger partial charge is 0.461 e. The summed E-state index contributed by atoms with van der Waals surface area (Å²) in [7, 11) is 3.97. The molecule has 2 aliphatic rings. The maximum atomic E-state index is 13.4. The van der Waals surface area contributed by atoms with E-state index < -0.39 is 11.4 Å². The molecule has 1 atom stereocenters. The summed E-state index contributed by atoms with van der Waals surface area (Å²) in [6.07, 6.45) is 0. The molecule has 3 aromatic rings. The molecule has 0 bridgehead atoms. The van der Waals surface area contributed by atoms with Crippen LogP contribution in [0.3, 0.4) is 0 Å². The van der Waals surface area contributed by atoms with Crippen LogP contribution in [0.4, 0.5) is 5.69 Å². The van der Waals surface area contributed by atoms with Crippen molar-refractivity contribution in [1.29, 1.82) is 0 Å². The van der Waals surface area contributed by atoms with E-state index >= 15 is 0 Å². The topological polar surface area (TPSA) is 34.5 Å². The number of hydrogen-bond donors (Lipinski definition) is 0. The number of carbonyl (C=O) groups excluding carboxylic acids is 1. The summed E-state index contributed by atoms with van der Waals surface area (Å²) in [5.41, 5.74) is 4.89. The molecule has 0 radical (unpaired) electrons. The number of para-hydroxylation sites is 1. The number of ketones is 1. The smallest absolute Gasteiger partial charge is 0.211 e. The van der Waals surface area contributed by atoms with Gasteiger partial charge in [0.2, 0.25) is 11.0 Å². The highest BCUT2D eigenvalue weighted by Gasteiger charge is 2.56. The SMILES string of the molecule is CCn1c(C)c(C2(c3ccc(N(C)C)cc3C)OC(Cl)=C3C(=O)C(Cl)=C(Cl)C(Cl)=C32)c2ccccc21. The van der Waals surface area contributed by atoms with Gasteiger partial charge in [-0.1, -0.05) is 59.1 Å². The molecule has 1 unspecified atom stereocenters. The van der Waals surface area contributed by atoms with E-state index in [9.17, 15) is 4.79 Å². The molecule has 2 heterocycles. The third-order valence-electron chi connectivity index (χ3n) is 7.08. The molecule has 1 aromatic heterocycles. The number of nitrogens with zero attached hydrogens (tertiary/aromatic N) is 2. The first kappa shape index (κ1) is 25.3. The van der Waals surface area contributed by atoms with E-state index in [1.165, 1.54) is 0 Å². The summed E-state index contributed by atoms with van der Waals surface area (Å²) < 4.78 is 8.86. The third kappa shape index (κ3) is 3.31. The molecule has 0 N–H and O–H groups in total. The summed E-state index contributed by atoms with van der Waals surface area (Å²) in [5.74, 6) is -0.507. The van der Waals surface area contributed by atoms with Crippen molar-refractivity contribution in [2.24, 2.45) is 0 Å². The molecule has 186 valence electrons. The molecule has 36 heavy (non-hydrogen) atoms. The van der Waals surface area contributed by atoms with Gasteiger partial charge in [0.25, 0.3) is 0 Å². The van der Waals surface area contributed by atoms with Crippen molar-refractivity contribution in [1.82, 2.24) is 4.57 Å². The molecule has 0 saturated carbocycles. The van der Waals surface area contributed by atoms with Crippen molar-refractivity contribution < 1.29 is 9.53 Å². The highest BCUT2D eigenvalue weighted by molar-refractivity contribution is 6.57. The predicted molar refractivity (Wildman–Crippen MR) is 149 cm³/mol. The second kappa shape index (κ2) is 8.88. The molecule has 0 fully saturated rings. The molecule has 4 nitrogen and oxygen atoms in total. The Hall–Kier alpha value is -2.37. The average molecular weight is 562 g/mol. The standard InChI is InChI=1S/C28H24Cl4N2O2/c1-6-34-15(3)21(17-9-7-8-10-19(17)34)28(18-12-11-16(33(4)5)13-14(18)2)22-20(27(32)36-28)26(35)25(31)24(30)23(22)29/h7-13H,6H2,1-5H3. The van der Waals surface area contributed by atoms with E-state index in [0.29, 0.717) is 5.57 Å². The van der Waals surface area contributed by atoms with Crippen molar-refractivity contribution in [3.63, 3.8) is 0 Å². The Bertz CT molecular complexity index is 1560. The summed E-state index contributed by atoms with van der Waals surface area (Å²) in [6.45, 7) is 6.89. The van der Waals surface area contributed by atoms with E-state index in [1.54, 1.807) is 0 Å². The second-order valence-corrected chi connectivity index (χ2v) is 10.7. The van der Waals surface area contributed by atoms with Crippen LogP contribution in [0.15, 0.2) is 73.9 Å². The van der Waals surface area contributed by atoms with Crippen LogP contribution in [0.2, 0.25) is 0 Å². The van der Waals surface area contributed by atoms with Gasteiger partial charge in [-0.3, -0.25) is 4.79 Å². The molecule has 0 spiro atoms. The number of Topliss-reactive ketones (excluding diaryl/α,β-unsaturated/α-hetero) is 1. The van der Waals surface area contributed by atoms with Crippen LogP contribution < -0.4 is 4.90 Å². The lowest BCUT2D eigenvalue weighted by Gasteiger charge is -2.35. The van der Waals surface area contributed by atoms with Crippen LogP contribution in [-0.2, 0) is 21.7 Å². The van der Waals surface area contributed by atoms with Gasteiger partial charge in [-0.25, -0.2) is 0 Å². The van der Waals surface area contributed by atoms with Crippen LogP contribution in [0.5, 0.6) is 0 Å². The minimum atomic E-state index is -1.32. The van der Waals surface area contributed by atoms with Crippen molar-refractivity contribution in [3.8, 4) is 0 Å². The molecule has 0 amide bonds. The molecular weight excluding hydrogens is 538 g/mol. The maximum absolute atomic E-state index is 13.4. The van der Waals surface area contributed by atoms with E-state index in [0.717, 1.165) is 45.5 Å². The number of aromatic nitrogens is 1. The third-order valence-corrected chi connectivity index (χ3v) is 8.65. The minimum absolute atomic E-state index is 0.0131. The van der Waals surface area contributed by atoms with Crippen molar-refractivity contribution in [3.05, 3.63) is 96.3 Å². The van der Waals surface area contributed by atoms with Gasteiger partial charge in [-0.05, 0) is 56.1 Å². The first-order valence-corrected chi connectivity index (χ1v) is 13.0. The van der Waals surface area contributed by atoms with Crippen LogP contribution in [0, 0.1) is 13.8 Å². The number of fused-ring (bicyclic) bond motifs is 2. The fourth-order valence-corrected chi connectivity index (χ4v) is 6.53. The van der Waals surface area contributed by atoms with Crippen LogP contribution >= 0.6 is 46.4 Å². The predicted octanol–water partition coefficient (Wildman–Crippen LogP) is 7.83. The first-order chi connectivity index (χ1) is 17.1. The maximum Gasteiger partial charge on any atom is 0.211 e. The monoisotopic (exact) mass is 560 g/mol. The Morgan fingerprint density at radius 3 is 2.31 bits per heavy atom. The second-order valence-electron chi connectivity index (χ2n) is 9.19. The number of hydrogen-bond acceptors (Lipinski definition) is 3. The van der Waals surface area contributed by atoms with Gasteiger partial charge in [0, 0.05) is 59.6 Å². The zero-order chi connectivity index (χ0) is 26.1. The first-order valence-electron chi connectivity index (χ1n) is 11.5. The molecule has 1 aliphatic carbocycles. The van der Waals surface area contributed by atoms with Gasteiger partial charge in [-0.15, -0.1) is 0 Å². The van der Waals surface area contributed by atoms with Crippen LogP contribution in [0.25, 0.3) is 10.9 Å². The molecule has 8 heteroatoms. The number of ether oxygens (including phenoxy) is 1. The summed E-state index contributed by atoms with van der Waals surface area (Å²) in [4.78, 5) is 15.4. The van der Waals surface area contributed by atoms with Crippen molar-refractivity contribution in [2.45, 2.75) is 32.9 Å². The molecule has 5 rings (SSSR count). The Kier molecular flexibility index (Phi) is 6.24. The number of benzene rings is 2. The number of aryl methyl sites for hydroxylation is 2. The lowest BCUT2D eigenvalue weighted by atomic mass is 9.73. The van der Waals surface area contributed by atoms with E-state index in [2.05, 4.69) is 23.6 Å². The number of carbonyl (C=O) groups is 1. The van der Waals surface area contributed by atoms with E-state index in [-0.39, 0.29) is 25.9 Å². The van der Waals surface area contributed by atoms with Gasteiger partial charge < -0.3 is 14.2 Å². The average Bonchev–Trinajstić information content (AvgIpc) is 3.31. The quantitative estimate of drug-likeness (QED) is 0.325. The van der Waals surface area contributed by atoms with Gasteiger partial charge in [-0.2, -0.15) is 0 Å². The highest BCUT2D eigenvalue weighted by atomic mass is 35.5. The Balaban J connectivity index is 1.99. The van der Waals surface area contributed by atoms with E-state index in [1.807, 2.05) is 63.2 Å². The lowest BCUT2D eigenvalue weighted by Crippen LogP contribution is -2.34. The van der Waals surface area contributed by atoms with Gasteiger partial charge >= 0.3 is 0 Å². The fraction of sp³-hybridized carbons (Fsp3) is 0.250. The Morgan fingerprint density at radius 1 is 0.972 bits per heavy atom. The molecule has 2 aromatic carbocycles. The molecule has 0 saturated heterocycles. The zero-order valence-corrected chi connectivity index (χ0v) is 23.5. The summed E-state index contributed by atoms with van der Waals surface area (Å²) in [5, 5.41) is 0.876. The highest BCUT2D eigenvalue weighted by Crippen LogP contribution is 2.60. The van der Waals surface area contributed by atoms with Gasteiger partial charge in [0.1, 0.15) is 5.03 Å². The van der Waals surface area contributed by atoms with Crippen molar-refractivity contribution in [2.75, 3.05) is 19.0 Å². The van der Waals surface area contributed by atoms with Gasteiger partial charge in [0.15, 0.2) is 5.60 Å². The van der Waals surface area contributed by atoms with Crippen LogP contribution in [-0.4, -0.2) is 24.4 Å². The zero-order valence-electron chi connectivity index (χ0n) is 20.5. The Labute approximate surface area is 230 Å². The van der Waals surface area contributed by atoms with Crippen LogP contribution in [0.1, 0.15) is 29.3 Å². The minimum Gasteiger partial charge on any atom is -0.461 e. The van der Waals surface area contributed by atoms with Crippen molar-refractivity contribution >= 4 is 68.8 Å². The number of halogens is 4. The number of allylic oxidation sites excluding steroid dienone is 3. The normalized spacial score (nSPS) is 20.0. The molecule has 1 aliphatic heterocycles.